The molecule has 0 aromatic heterocycles. The van der Waals surface area contributed by atoms with E-state index in [0.29, 0.717) is 12.5 Å². The molecule has 0 fully saturated rings. The molecule has 1 unspecified atom stereocenters. The standard InChI is InChI=1S/C13H26N2O/c1-3-11(4-2)12(16)10-15-13-8-6-5-7-9-14-13/h11-12,16H,3-10H2,1-2H3,(H,14,15). The van der Waals surface area contributed by atoms with Crippen LogP contribution in [-0.2, 0) is 0 Å². The second-order valence-corrected chi connectivity index (χ2v) is 4.66. The lowest BCUT2D eigenvalue weighted by Crippen LogP contribution is -2.36. The van der Waals surface area contributed by atoms with Gasteiger partial charge in [0.05, 0.1) is 11.9 Å². The number of aliphatic hydroxyl groups is 1. The third-order valence-electron chi connectivity index (χ3n) is 3.48. The molecule has 1 aliphatic heterocycles. The van der Waals surface area contributed by atoms with Crippen molar-refractivity contribution in [2.24, 2.45) is 10.9 Å². The first-order valence-corrected chi connectivity index (χ1v) is 6.73. The summed E-state index contributed by atoms with van der Waals surface area (Å²) in [6.45, 7) is 5.88. The van der Waals surface area contributed by atoms with Crippen LogP contribution in [0.2, 0.25) is 0 Å². The SMILES string of the molecule is CCC(CC)C(O)CNC1=NCCCCC1. The summed E-state index contributed by atoms with van der Waals surface area (Å²) in [5, 5.41) is 13.3. The van der Waals surface area contributed by atoms with Crippen molar-refractivity contribution in [3.63, 3.8) is 0 Å². The van der Waals surface area contributed by atoms with Crippen molar-refractivity contribution in [2.75, 3.05) is 13.1 Å². The molecular formula is C13H26N2O. The molecule has 1 rings (SSSR count). The van der Waals surface area contributed by atoms with Crippen LogP contribution in [0, 0.1) is 5.92 Å². The Kier molecular flexibility index (Phi) is 6.46. The number of rotatable bonds is 5. The molecule has 1 heterocycles. The summed E-state index contributed by atoms with van der Waals surface area (Å²) in [6, 6.07) is 0. The van der Waals surface area contributed by atoms with Crippen LogP contribution in [0.15, 0.2) is 4.99 Å². The molecule has 0 aromatic rings. The first-order chi connectivity index (χ1) is 7.77. The monoisotopic (exact) mass is 226 g/mol. The zero-order valence-electron chi connectivity index (χ0n) is 10.7. The Morgan fingerprint density at radius 2 is 2.00 bits per heavy atom. The fraction of sp³-hybridized carbons (Fsp3) is 0.923. The molecule has 0 aromatic carbocycles. The van der Waals surface area contributed by atoms with Crippen molar-refractivity contribution in [1.29, 1.82) is 0 Å². The van der Waals surface area contributed by atoms with E-state index in [1.807, 2.05) is 0 Å². The zero-order valence-corrected chi connectivity index (χ0v) is 10.7. The molecule has 0 saturated heterocycles. The number of hydrogen-bond acceptors (Lipinski definition) is 3. The Morgan fingerprint density at radius 1 is 1.25 bits per heavy atom. The smallest absolute Gasteiger partial charge is 0.0963 e. The average molecular weight is 226 g/mol. The molecule has 0 amide bonds. The maximum atomic E-state index is 9.99. The van der Waals surface area contributed by atoms with Crippen molar-refractivity contribution < 1.29 is 5.11 Å². The van der Waals surface area contributed by atoms with E-state index >= 15 is 0 Å². The van der Waals surface area contributed by atoms with Crippen molar-refractivity contribution in [3.05, 3.63) is 0 Å². The van der Waals surface area contributed by atoms with Crippen LogP contribution in [0.4, 0.5) is 0 Å². The van der Waals surface area contributed by atoms with Crippen LogP contribution >= 0.6 is 0 Å². The molecule has 16 heavy (non-hydrogen) atoms. The predicted octanol–water partition coefficient (Wildman–Crippen LogP) is 2.35. The average Bonchev–Trinajstić information content (AvgIpc) is 2.56. The highest BCUT2D eigenvalue weighted by molar-refractivity contribution is 5.82. The molecule has 1 aliphatic rings. The van der Waals surface area contributed by atoms with Gasteiger partial charge in [0.15, 0.2) is 0 Å². The van der Waals surface area contributed by atoms with E-state index in [1.54, 1.807) is 0 Å². The first-order valence-electron chi connectivity index (χ1n) is 6.73. The molecule has 2 N–H and O–H groups in total. The Hall–Kier alpha value is -0.570. The van der Waals surface area contributed by atoms with E-state index in [-0.39, 0.29) is 6.10 Å². The van der Waals surface area contributed by atoms with Gasteiger partial charge in [0.2, 0.25) is 0 Å². The van der Waals surface area contributed by atoms with Crippen LogP contribution in [0.1, 0.15) is 52.4 Å². The van der Waals surface area contributed by atoms with Crippen molar-refractivity contribution in [2.45, 2.75) is 58.5 Å². The molecule has 3 heteroatoms. The third-order valence-corrected chi connectivity index (χ3v) is 3.48. The highest BCUT2D eigenvalue weighted by Gasteiger charge is 2.15. The molecule has 0 bridgehead atoms. The van der Waals surface area contributed by atoms with Crippen LogP contribution in [0.3, 0.4) is 0 Å². The number of aliphatic imine (C=N–C) groups is 1. The van der Waals surface area contributed by atoms with Crippen molar-refractivity contribution >= 4 is 5.84 Å². The minimum absolute atomic E-state index is 0.235. The summed E-state index contributed by atoms with van der Waals surface area (Å²) in [5.41, 5.74) is 0. The van der Waals surface area contributed by atoms with Crippen LogP contribution in [0.5, 0.6) is 0 Å². The van der Waals surface area contributed by atoms with Gasteiger partial charge in [0.25, 0.3) is 0 Å². The van der Waals surface area contributed by atoms with Gasteiger partial charge in [-0.1, -0.05) is 33.1 Å². The van der Waals surface area contributed by atoms with Crippen LogP contribution in [0.25, 0.3) is 0 Å². The van der Waals surface area contributed by atoms with Gasteiger partial charge in [0.1, 0.15) is 0 Å². The largest absolute Gasteiger partial charge is 0.391 e. The van der Waals surface area contributed by atoms with Gasteiger partial charge < -0.3 is 10.4 Å². The molecule has 1 atom stereocenters. The minimum Gasteiger partial charge on any atom is -0.391 e. The Morgan fingerprint density at radius 3 is 2.69 bits per heavy atom. The number of nitrogens with one attached hydrogen (secondary N) is 1. The lowest BCUT2D eigenvalue weighted by molar-refractivity contribution is 0.106. The van der Waals surface area contributed by atoms with E-state index in [2.05, 4.69) is 24.2 Å². The summed E-state index contributed by atoms with van der Waals surface area (Å²) >= 11 is 0. The summed E-state index contributed by atoms with van der Waals surface area (Å²) < 4.78 is 0. The molecule has 0 aliphatic carbocycles. The van der Waals surface area contributed by atoms with E-state index in [9.17, 15) is 5.11 Å². The lowest BCUT2D eigenvalue weighted by atomic mass is 9.96. The van der Waals surface area contributed by atoms with Gasteiger partial charge in [-0.2, -0.15) is 0 Å². The normalized spacial score (nSPS) is 19.1. The van der Waals surface area contributed by atoms with Gasteiger partial charge in [-0.25, -0.2) is 0 Å². The van der Waals surface area contributed by atoms with Gasteiger partial charge in [-0.3, -0.25) is 4.99 Å². The number of aliphatic hydroxyl groups excluding tert-OH is 1. The van der Waals surface area contributed by atoms with Gasteiger partial charge >= 0.3 is 0 Å². The highest BCUT2D eigenvalue weighted by atomic mass is 16.3. The maximum Gasteiger partial charge on any atom is 0.0963 e. The van der Waals surface area contributed by atoms with Crippen LogP contribution in [-0.4, -0.2) is 30.1 Å². The van der Waals surface area contributed by atoms with E-state index in [4.69, 9.17) is 0 Å². The predicted molar refractivity (Wildman–Crippen MR) is 68.9 cm³/mol. The molecule has 0 radical (unpaired) electrons. The fourth-order valence-corrected chi connectivity index (χ4v) is 2.24. The summed E-state index contributed by atoms with van der Waals surface area (Å²) in [6.07, 6.45) is 6.63. The number of amidine groups is 1. The van der Waals surface area contributed by atoms with E-state index < -0.39 is 0 Å². The minimum atomic E-state index is -0.235. The molecule has 94 valence electrons. The highest BCUT2D eigenvalue weighted by Crippen LogP contribution is 2.12. The molecular weight excluding hydrogens is 200 g/mol. The molecule has 0 saturated carbocycles. The van der Waals surface area contributed by atoms with Gasteiger partial charge in [0, 0.05) is 19.5 Å². The van der Waals surface area contributed by atoms with Crippen molar-refractivity contribution in [1.82, 2.24) is 5.32 Å². The Labute approximate surface area is 99.4 Å². The second kappa shape index (κ2) is 7.66. The van der Waals surface area contributed by atoms with Gasteiger partial charge in [-0.15, -0.1) is 0 Å². The summed E-state index contributed by atoms with van der Waals surface area (Å²) in [4.78, 5) is 4.50. The third kappa shape index (κ3) is 4.52. The number of hydrogen-bond donors (Lipinski definition) is 2. The quantitative estimate of drug-likeness (QED) is 0.756. The van der Waals surface area contributed by atoms with Crippen molar-refractivity contribution in [3.8, 4) is 0 Å². The molecule has 3 nitrogen and oxygen atoms in total. The maximum absolute atomic E-state index is 9.99. The van der Waals surface area contributed by atoms with Gasteiger partial charge in [-0.05, 0) is 18.8 Å². The Balaban J connectivity index is 2.29. The first kappa shape index (κ1) is 13.5. The summed E-state index contributed by atoms with van der Waals surface area (Å²) in [5.74, 6) is 1.52. The van der Waals surface area contributed by atoms with Crippen LogP contribution < -0.4 is 5.32 Å². The molecule has 0 spiro atoms. The zero-order chi connectivity index (χ0) is 11.8. The number of nitrogens with zero attached hydrogens (tertiary/aromatic N) is 1. The fourth-order valence-electron chi connectivity index (χ4n) is 2.24. The Bertz CT molecular complexity index is 212. The second-order valence-electron chi connectivity index (χ2n) is 4.66. The topological polar surface area (TPSA) is 44.6 Å². The van der Waals surface area contributed by atoms with E-state index in [1.165, 1.54) is 19.3 Å². The lowest BCUT2D eigenvalue weighted by Gasteiger charge is -2.21. The van der Waals surface area contributed by atoms with E-state index in [0.717, 1.165) is 31.6 Å². The summed E-state index contributed by atoms with van der Waals surface area (Å²) in [7, 11) is 0.